The standard InChI is InChI=1S/C20H17N3O4/c1-11-7-15-16(8-12(11)2)22(10-21-15)17-9-18(24)23(19(17)25)14-5-3-13(4-6-14)20(26)27/h3-8,10,17H,9H2,1-2H3,(H,26,27). The summed E-state index contributed by atoms with van der Waals surface area (Å²) in [4.78, 5) is 42.0. The molecule has 1 aromatic heterocycles. The lowest BCUT2D eigenvalue weighted by atomic mass is 10.1. The van der Waals surface area contributed by atoms with E-state index in [4.69, 9.17) is 5.11 Å². The van der Waals surface area contributed by atoms with Crippen molar-refractivity contribution in [2.75, 3.05) is 4.90 Å². The number of anilines is 1. The molecule has 1 saturated heterocycles. The fourth-order valence-electron chi connectivity index (χ4n) is 3.39. The van der Waals surface area contributed by atoms with E-state index in [1.807, 2.05) is 26.0 Å². The van der Waals surface area contributed by atoms with Crippen LogP contribution in [-0.2, 0) is 9.59 Å². The van der Waals surface area contributed by atoms with Gasteiger partial charge < -0.3 is 9.67 Å². The molecule has 2 aromatic carbocycles. The first-order chi connectivity index (χ1) is 12.9. The monoisotopic (exact) mass is 363 g/mol. The Balaban J connectivity index is 1.71. The number of carboxylic acids is 1. The van der Waals surface area contributed by atoms with Gasteiger partial charge in [0, 0.05) is 0 Å². The van der Waals surface area contributed by atoms with Gasteiger partial charge in [0.1, 0.15) is 6.04 Å². The molecule has 1 fully saturated rings. The number of aromatic carboxylic acids is 1. The third-order valence-electron chi connectivity index (χ3n) is 5.02. The molecule has 0 spiro atoms. The number of fused-ring (bicyclic) bond motifs is 1. The summed E-state index contributed by atoms with van der Waals surface area (Å²) in [6.45, 7) is 3.99. The highest BCUT2D eigenvalue weighted by atomic mass is 16.4. The second-order valence-corrected chi connectivity index (χ2v) is 6.72. The molecular weight excluding hydrogens is 346 g/mol. The van der Waals surface area contributed by atoms with Crippen molar-refractivity contribution in [2.45, 2.75) is 26.3 Å². The summed E-state index contributed by atoms with van der Waals surface area (Å²) in [6.07, 6.45) is 1.63. The highest BCUT2D eigenvalue weighted by Crippen LogP contribution is 2.32. The number of rotatable bonds is 3. The molecule has 1 aliphatic heterocycles. The van der Waals surface area contributed by atoms with Crippen LogP contribution in [0.5, 0.6) is 0 Å². The number of aryl methyl sites for hydroxylation is 2. The van der Waals surface area contributed by atoms with Crippen LogP contribution >= 0.6 is 0 Å². The number of carbonyl (C=O) groups is 3. The van der Waals surface area contributed by atoms with Crippen molar-refractivity contribution >= 4 is 34.5 Å². The molecule has 1 unspecified atom stereocenters. The summed E-state index contributed by atoms with van der Waals surface area (Å²) >= 11 is 0. The van der Waals surface area contributed by atoms with Crippen molar-refractivity contribution in [1.29, 1.82) is 0 Å². The van der Waals surface area contributed by atoms with E-state index >= 15 is 0 Å². The van der Waals surface area contributed by atoms with E-state index in [9.17, 15) is 14.4 Å². The zero-order valence-corrected chi connectivity index (χ0v) is 14.8. The van der Waals surface area contributed by atoms with Gasteiger partial charge in [0.25, 0.3) is 5.91 Å². The number of nitrogens with zero attached hydrogens (tertiary/aromatic N) is 3. The first-order valence-electron chi connectivity index (χ1n) is 8.51. The molecule has 0 radical (unpaired) electrons. The average molecular weight is 363 g/mol. The summed E-state index contributed by atoms with van der Waals surface area (Å²) in [5.74, 6) is -1.73. The summed E-state index contributed by atoms with van der Waals surface area (Å²) in [5.41, 5.74) is 4.26. The number of hydrogen-bond donors (Lipinski definition) is 1. The molecule has 1 aliphatic rings. The number of benzene rings is 2. The van der Waals surface area contributed by atoms with Crippen molar-refractivity contribution in [3.8, 4) is 0 Å². The van der Waals surface area contributed by atoms with E-state index in [0.717, 1.165) is 27.1 Å². The molecule has 7 nitrogen and oxygen atoms in total. The normalized spacial score (nSPS) is 17.1. The Hall–Kier alpha value is -3.48. The minimum Gasteiger partial charge on any atom is -0.478 e. The summed E-state index contributed by atoms with van der Waals surface area (Å²) in [6, 6.07) is 8.98. The molecule has 0 aliphatic carbocycles. The number of amides is 2. The van der Waals surface area contributed by atoms with Crippen LogP contribution < -0.4 is 4.90 Å². The topological polar surface area (TPSA) is 92.5 Å². The lowest BCUT2D eigenvalue weighted by Crippen LogP contribution is -2.31. The fraction of sp³-hybridized carbons (Fsp3) is 0.200. The molecule has 27 heavy (non-hydrogen) atoms. The van der Waals surface area contributed by atoms with Crippen LogP contribution in [0.3, 0.4) is 0 Å². The van der Waals surface area contributed by atoms with E-state index < -0.39 is 12.0 Å². The molecule has 0 bridgehead atoms. The number of imide groups is 1. The second-order valence-electron chi connectivity index (χ2n) is 6.72. The first-order valence-corrected chi connectivity index (χ1v) is 8.51. The molecule has 7 heteroatoms. The van der Waals surface area contributed by atoms with Gasteiger partial charge >= 0.3 is 5.97 Å². The minimum absolute atomic E-state index is 0.0396. The Bertz CT molecular complexity index is 1100. The molecule has 2 heterocycles. The smallest absolute Gasteiger partial charge is 0.335 e. The lowest BCUT2D eigenvalue weighted by Gasteiger charge is -2.16. The van der Waals surface area contributed by atoms with E-state index in [1.165, 1.54) is 24.3 Å². The number of hydrogen-bond acceptors (Lipinski definition) is 4. The predicted octanol–water partition coefficient (Wildman–Crippen LogP) is 2.86. The Morgan fingerprint density at radius 1 is 1.11 bits per heavy atom. The van der Waals surface area contributed by atoms with Crippen molar-refractivity contribution in [2.24, 2.45) is 0 Å². The van der Waals surface area contributed by atoms with Gasteiger partial charge in [-0.3, -0.25) is 9.59 Å². The minimum atomic E-state index is -1.06. The Morgan fingerprint density at radius 2 is 1.78 bits per heavy atom. The summed E-state index contributed by atoms with van der Waals surface area (Å²) in [5, 5.41) is 9.00. The van der Waals surface area contributed by atoms with Gasteiger partial charge in [-0.2, -0.15) is 0 Å². The van der Waals surface area contributed by atoms with Crippen molar-refractivity contribution in [3.05, 3.63) is 59.4 Å². The second kappa shape index (κ2) is 6.05. The van der Waals surface area contributed by atoms with Gasteiger partial charge in [0.15, 0.2) is 0 Å². The molecule has 3 aromatic rings. The first kappa shape index (κ1) is 17.0. The van der Waals surface area contributed by atoms with E-state index in [1.54, 1.807) is 10.9 Å². The van der Waals surface area contributed by atoms with Gasteiger partial charge in [-0.15, -0.1) is 0 Å². The molecular formula is C20H17N3O4. The maximum atomic E-state index is 13.0. The van der Waals surface area contributed by atoms with Crippen LogP contribution in [0.15, 0.2) is 42.7 Å². The SMILES string of the molecule is Cc1cc2ncn(C3CC(=O)N(c4ccc(C(=O)O)cc4)C3=O)c2cc1C. The zero-order valence-electron chi connectivity index (χ0n) is 14.8. The highest BCUT2D eigenvalue weighted by molar-refractivity contribution is 6.22. The van der Waals surface area contributed by atoms with Gasteiger partial charge in [0.05, 0.1) is 35.0 Å². The average Bonchev–Trinajstić information content (AvgIpc) is 3.15. The van der Waals surface area contributed by atoms with Crippen LogP contribution in [0.25, 0.3) is 11.0 Å². The fourth-order valence-corrected chi connectivity index (χ4v) is 3.39. The quantitative estimate of drug-likeness (QED) is 0.723. The summed E-state index contributed by atoms with van der Waals surface area (Å²) < 4.78 is 1.74. The maximum Gasteiger partial charge on any atom is 0.335 e. The van der Waals surface area contributed by atoms with E-state index in [0.29, 0.717) is 5.69 Å². The molecule has 1 atom stereocenters. The third-order valence-corrected chi connectivity index (χ3v) is 5.02. The van der Waals surface area contributed by atoms with Gasteiger partial charge in [-0.1, -0.05) is 0 Å². The Kier molecular flexibility index (Phi) is 3.80. The molecule has 2 amide bonds. The van der Waals surface area contributed by atoms with E-state index in [-0.39, 0.29) is 23.8 Å². The van der Waals surface area contributed by atoms with E-state index in [2.05, 4.69) is 4.98 Å². The van der Waals surface area contributed by atoms with Gasteiger partial charge in [0.2, 0.25) is 5.91 Å². The van der Waals surface area contributed by atoms with Crippen molar-refractivity contribution in [3.63, 3.8) is 0 Å². The van der Waals surface area contributed by atoms with Crippen LogP contribution in [0.1, 0.15) is 33.9 Å². The van der Waals surface area contributed by atoms with Crippen molar-refractivity contribution in [1.82, 2.24) is 9.55 Å². The van der Waals surface area contributed by atoms with Crippen LogP contribution in [-0.4, -0.2) is 32.4 Å². The van der Waals surface area contributed by atoms with Crippen LogP contribution in [0, 0.1) is 13.8 Å². The summed E-state index contributed by atoms with van der Waals surface area (Å²) in [7, 11) is 0. The number of imidazole rings is 1. The van der Waals surface area contributed by atoms with Crippen LogP contribution in [0.2, 0.25) is 0 Å². The number of carbonyl (C=O) groups excluding carboxylic acids is 2. The lowest BCUT2D eigenvalue weighted by molar-refractivity contribution is -0.122. The van der Waals surface area contributed by atoms with Crippen LogP contribution in [0.4, 0.5) is 5.69 Å². The maximum absolute atomic E-state index is 13.0. The molecule has 4 rings (SSSR count). The van der Waals surface area contributed by atoms with Crippen molar-refractivity contribution < 1.29 is 19.5 Å². The van der Waals surface area contributed by atoms with Gasteiger partial charge in [-0.25, -0.2) is 14.7 Å². The number of carboxylic acid groups (broad SMARTS) is 1. The molecule has 1 N–H and O–H groups in total. The zero-order chi connectivity index (χ0) is 19.3. The highest BCUT2D eigenvalue weighted by Gasteiger charge is 2.41. The molecule has 0 saturated carbocycles. The van der Waals surface area contributed by atoms with Gasteiger partial charge in [-0.05, 0) is 61.4 Å². The number of aromatic nitrogens is 2. The molecule has 136 valence electrons. The Labute approximate surface area is 154 Å². The third kappa shape index (κ3) is 2.68. The predicted molar refractivity (Wildman–Crippen MR) is 98.8 cm³/mol. The largest absolute Gasteiger partial charge is 0.478 e. The Morgan fingerprint density at radius 3 is 2.44 bits per heavy atom.